The van der Waals surface area contributed by atoms with E-state index in [-0.39, 0.29) is 31.1 Å². The Hall–Kier alpha value is -2.71. The number of fused-ring (bicyclic) bond motifs is 1. The summed E-state index contributed by atoms with van der Waals surface area (Å²) >= 11 is 0. The van der Waals surface area contributed by atoms with Gasteiger partial charge in [-0.05, 0) is 29.7 Å². The van der Waals surface area contributed by atoms with Crippen LogP contribution in [0.1, 0.15) is 17.5 Å². The number of nitriles is 1. The van der Waals surface area contributed by atoms with Crippen molar-refractivity contribution in [3.8, 4) is 6.07 Å². The monoisotopic (exact) mass is 337 g/mol. The molecule has 1 heterocycles. The van der Waals surface area contributed by atoms with Crippen molar-refractivity contribution in [1.82, 2.24) is 4.90 Å². The summed E-state index contributed by atoms with van der Waals surface area (Å²) in [5.74, 6) is -0.627. The molecule has 5 heteroatoms. The van der Waals surface area contributed by atoms with E-state index in [2.05, 4.69) is 17.0 Å². The predicted molar refractivity (Wildman–Crippen MR) is 94.4 cm³/mol. The van der Waals surface area contributed by atoms with Gasteiger partial charge in [-0.25, -0.2) is 4.39 Å². The second-order valence-corrected chi connectivity index (χ2v) is 6.13. The molecule has 0 N–H and O–H groups in total. The molecule has 0 saturated heterocycles. The first-order valence-electron chi connectivity index (χ1n) is 8.40. The molecule has 128 valence electrons. The number of carbonyl (C=O) groups is 1. The van der Waals surface area contributed by atoms with Gasteiger partial charge in [-0.2, -0.15) is 5.26 Å². The van der Waals surface area contributed by atoms with Crippen molar-refractivity contribution in [2.45, 2.75) is 19.4 Å². The highest BCUT2D eigenvalue weighted by Gasteiger charge is 2.23. The van der Waals surface area contributed by atoms with E-state index in [4.69, 9.17) is 5.26 Å². The van der Waals surface area contributed by atoms with Gasteiger partial charge in [-0.15, -0.1) is 0 Å². The molecule has 1 aliphatic heterocycles. The molecule has 0 fully saturated rings. The largest absolute Gasteiger partial charge is 0.308 e. The average Bonchev–Trinajstić information content (AvgIpc) is 2.63. The highest BCUT2D eigenvalue weighted by molar-refractivity contribution is 5.95. The van der Waals surface area contributed by atoms with Crippen LogP contribution in [0.2, 0.25) is 0 Å². The molecule has 2 aromatic carbocycles. The summed E-state index contributed by atoms with van der Waals surface area (Å²) in [5.41, 5.74) is 2.79. The molecule has 0 bridgehead atoms. The third kappa shape index (κ3) is 4.04. The molecule has 0 radical (unpaired) electrons. The number of hydrogen-bond acceptors (Lipinski definition) is 3. The van der Waals surface area contributed by atoms with Crippen LogP contribution in [0.5, 0.6) is 0 Å². The Morgan fingerprint density at radius 3 is 2.64 bits per heavy atom. The lowest BCUT2D eigenvalue weighted by Gasteiger charge is -2.30. The van der Waals surface area contributed by atoms with E-state index >= 15 is 0 Å². The van der Waals surface area contributed by atoms with Crippen molar-refractivity contribution >= 4 is 11.6 Å². The number of rotatable bonds is 5. The molecule has 1 aliphatic rings. The van der Waals surface area contributed by atoms with Crippen molar-refractivity contribution in [2.75, 3.05) is 24.5 Å². The zero-order chi connectivity index (χ0) is 17.6. The standard InChI is InChI=1S/C20H20FN3O/c21-18-8-3-4-9-19(18)24(12-5-11-22)20(25)15-23-13-10-16-6-1-2-7-17(16)14-23/h1-4,6-9H,5,10,12-15H2. The number of amides is 1. The van der Waals surface area contributed by atoms with Crippen LogP contribution in [0.15, 0.2) is 48.5 Å². The topological polar surface area (TPSA) is 47.3 Å². The molecule has 2 aromatic rings. The maximum absolute atomic E-state index is 14.1. The van der Waals surface area contributed by atoms with E-state index in [1.165, 1.54) is 22.1 Å². The maximum atomic E-state index is 14.1. The minimum absolute atomic E-state index is 0.170. The molecule has 0 aliphatic carbocycles. The molecular formula is C20H20FN3O. The molecule has 1 amide bonds. The van der Waals surface area contributed by atoms with E-state index < -0.39 is 5.82 Å². The Morgan fingerprint density at radius 2 is 1.88 bits per heavy atom. The number of halogens is 1. The van der Waals surface area contributed by atoms with Gasteiger partial charge in [0.05, 0.1) is 24.7 Å². The molecule has 0 atom stereocenters. The van der Waals surface area contributed by atoms with Crippen LogP contribution in [-0.2, 0) is 17.8 Å². The van der Waals surface area contributed by atoms with Gasteiger partial charge in [0, 0.05) is 19.6 Å². The lowest BCUT2D eigenvalue weighted by Crippen LogP contribution is -2.43. The van der Waals surface area contributed by atoms with Gasteiger partial charge >= 0.3 is 0 Å². The van der Waals surface area contributed by atoms with Crippen molar-refractivity contribution in [3.05, 3.63) is 65.5 Å². The van der Waals surface area contributed by atoms with Gasteiger partial charge < -0.3 is 4.90 Å². The highest BCUT2D eigenvalue weighted by Crippen LogP contribution is 2.21. The Morgan fingerprint density at radius 1 is 1.16 bits per heavy atom. The second kappa shape index (κ2) is 7.91. The molecule has 25 heavy (non-hydrogen) atoms. The zero-order valence-corrected chi connectivity index (χ0v) is 14.0. The third-order valence-corrected chi connectivity index (χ3v) is 4.46. The summed E-state index contributed by atoms with van der Waals surface area (Å²) in [5, 5.41) is 8.85. The Balaban J connectivity index is 1.73. The Labute approximate surface area is 147 Å². The molecular weight excluding hydrogens is 317 g/mol. The van der Waals surface area contributed by atoms with Crippen molar-refractivity contribution in [2.24, 2.45) is 0 Å². The fourth-order valence-corrected chi connectivity index (χ4v) is 3.18. The molecule has 0 spiro atoms. The zero-order valence-electron chi connectivity index (χ0n) is 14.0. The van der Waals surface area contributed by atoms with Crippen LogP contribution in [0.3, 0.4) is 0 Å². The second-order valence-electron chi connectivity index (χ2n) is 6.13. The number of carbonyl (C=O) groups excluding carboxylic acids is 1. The van der Waals surface area contributed by atoms with Gasteiger partial charge in [0.1, 0.15) is 5.82 Å². The van der Waals surface area contributed by atoms with Gasteiger partial charge in [-0.3, -0.25) is 9.69 Å². The van der Waals surface area contributed by atoms with Crippen molar-refractivity contribution in [1.29, 1.82) is 5.26 Å². The normalized spacial score (nSPS) is 13.8. The number of nitrogens with zero attached hydrogens (tertiary/aromatic N) is 3. The number of anilines is 1. The van der Waals surface area contributed by atoms with Crippen LogP contribution in [-0.4, -0.2) is 30.4 Å². The first-order chi connectivity index (χ1) is 12.2. The van der Waals surface area contributed by atoms with E-state index in [0.717, 1.165) is 13.0 Å². The third-order valence-electron chi connectivity index (χ3n) is 4.46. The SMILES string of the molecule is N#CCCN(C(=O)CN1CCc2ccccc2C1)c1ccccc1F. The predicted octanol–water partition coefficient (Wildman–Crippen LogP) is 3.13. The van der Waals surface area contributed by atoms with Crippen LogP contribution < -0.4 is 4.90 Å². The van der Waals surface area contributed by atoms with Crippen LogP contribution in [0, 0.1) is 17.1 Å². The maximum Gasteiger partial charge on any atom is 0.241 e. The fourth-order valence-electron chi connectivity index (χ4n) is 3.18. The Kier molecular flexibility index (Phi) is 5.42. The summed E-state index contributed by atoms with van der Waals surface area (Å²) in [7, 11) is 0. The highest BCUT2D eigenvalue weighted by atomic mass is 19.1. The van der Waals surface area contributed by atoms with Gasteiger partial charge in [0.15, 0.2) is 0 Å². The lowest BCUT2D eigenvalue weighted by atomic mass is 10.00. The molecule has 4 nitrogen and oxygen atoms in total. The lowest BCUT2D eigenvalue weighted by molar-refractivity contribution is -0.120. The number of para-hydroxylation sites is 1. The summed E-state index contributed by atoms with van der Waals surface area (Å²) in [6.45, 7) is 1.92. The van der Waals surface area contributed by atoms with Crippen LogP contribution in [0.4, 0.5) is 10.1 Å². The van der Waals surface area contributed by atoms with Crippen LogP contribution >= 0.6 is 0 Å². The summed E-state index contributed by atoms with van der Waals surface area (Å²) in [4.78, 5) is 16.3. The molecule has 0 saturated carbocycles. The van der Waals surface area contributed by atoms with E-state index in [1.807, 2.05) is 18.2 Å². The van der Waals surface area contributed by atoms with Crippen molar-refractivity contribution in [3.63, 3.8) is 0 Å². The summed E-state index contributed by atoms with van der Waals surface area (Å²) in [6, 6.07) is 16.5. The molecule has 0 aromatic heterocycles. The minimum Gasteiger partial charge on any atom is -0.308 e. The van der Waals surface area contributed by atoms with E-state index in [9.17, 15) is 9.18 Å². The summed E-state index contributed by atoms with van der Waals surface area (Å²) in [6.07, 6.45) is 1.07. The minimum atomic E-state index is -0.447. The Bertz CT molecular complexity index is 800. The first-order valence-corrected chi connectivity index (χ1v) is 8.40. The summed E-state index contributed by atoms with van der Waals surface area (Å²) < 4.78 is 14.1. The number of hydrogen-bond donors (Lipinski definition) is 0. The van der Waals surface area contributed by atoms with Crippen molar-refractivity contribution < 1.29 is 9.18 Å². The smallest absolute Gasteiger partial charge is 0.241 e. The van der Waals surface area contributed by atoms with E-state index in [1.54, 1.807) is 18.2 Å². The van der Waals surface area contributed by atoms with Gasteiger partial charge in [0.25, 0.3) is 0 Å². The molecule has 3 rings (SSSR count). The van der Waals surface area contributed by atoms with Gasteiger partial charge in [-0.1, -0.05) is 36.4 Å². The molecule has 0 unspecified atom stereocenters. The van der Waals surface area contributed by atoms with Crippen LogP contribution in [0.25, 0.3) is 0 Å². The average molecular weight is 337 g/mol. The first kappa shape index (κ1) is 17.1. The quantitative estimate of drug-likeness (QED) is 0.842. The number of benzene rings is 2. The van der Waals surface area contributed by atoms with E-state index in [0.29, 0.717) is 6.54 Å². The van der Waals surface area contributed by atoms with Gasteiger partial charge in [0.2, 0.25) is 5.91 Å². The fraction of sp³-hybridized carbons (Fsp3) is 0.300.